The molecule has 3 aromatic rings. The van der Waals surface area contributed by atoms with E-state index in [4.69, 9.17) is 4.74 Å². The van der Waals surface area contributed by atoms with Gasteiger partial charge < -0.3 is 4.74 Å². The van der Waals surface area contributed by atoms with E-state index in [1.165, 1.54) is 43.2 Å². The van der Waals surface area contributed by atoms with Crippen LogP contribution in [0.5, 0.6) is 5.75 Å². The second-order valence-electron chi connectivity index (χ2n) is 7.48. The summed E-state index contributed by atoms with van der Waals surface area (Å²) in [5.74, 6) is 0.903. The molecule has 1 aromatic heterocycles. The molecule has 0 saturated heterocycles. The van der Waals surface area contributed by atoms with E-state index in [2.05, 4.69) is 72.6 Å². The smallest absolute Gasteiger partial charge is 0.147 e. The molecule has 0 amide bonds. The Morgan fingerprint density at radius 3 is 2.13 bits per heavy atom. The van der Waals surface area contributed by atoms with Crippen molar-refractivity contribution >= 4 is 11.3 Å². The summed E-state index contributed by atoms with van der Waals surface area (Å²) in [5.41, 5.74) is 3.51. The third-order valence-corrected chi connectivity index (χ3v) is 6.05. The predicted octanol–water partition coefficient (Wildman–Crippen LogP) is 7.73. The van der Waals surface area contributed by atoms with Crippen molar-refractivity contribution in [3.63, 3.8) is 0 Å². The van der Waals surface area contributed by atoms with Crippen molar-refractivity contribution in [3.8, 4) is 27.4 Å². The van der Waals surface area contributed by atoms with Gasteiger partial charge in [0.05, 0.1) is 0 Å². The Balaban J connectivity index is 1.55. The highest BCUT2D eigenvalue weighted by Gasteiger charge is 2.07. The van der Waals surface area contributed by atoms with Gasteiger partial charge in [0.2, 0.25) is 0 Å². The Bertz CT molecular complexity index is 898. The first kappa shape index (κ1) is 22.2. The van der Waals surface area contributed by atoms with Crippen molar-refractivity contribution < 1.29 is 4.74 Å². The summed E-state index contributed by atoms with van der Waals surface area (Å²) < 4.78 is 5.79. The Labute approximate surface area is 184 Å². The molecule has 1 heterocycles. The van der Waals surface area contributed by atoms with Crippen LogP contribution in [0.2, 0.25) is 0 Å². The number of aromatic nitrogens is 2. The van der Waals surface area contributed by atoms with Crippen molar-refractivity contribution in [2.75, 3.05) is 6.61 Å². The van der Waals surface area contributed by atoms with E-state index in [0.717, 1.165) is 34.2 Å². The van der Waals surface area contributed by atoms with Crippen LogP contribution >= 0.6 is 11.3 Å². The zero-order valence-electron chi connectivity index (χ0n) is 18.1. The fourth-order valence-electron chi connectivity index (χ4n) is 3.20. The lowest BCUT2D eigenvalue weighted by Crippen LogP contribution is -1.93. The van der Waals surface area contributed by atoms with Crippen molar-refractivity contribution in [3.05, 3.63) is 65.7 Å². The van der Waals surface area contributed by atoms with Crippen LogP contribution in [0.25, 0.3) is 21.7 Å². The Morgan fingerprint density at radius 2 is 1.43 bits per heavy atom. The fraction of sp³-hybridized carbons (Fsp3) is 0.385. The molecule has 0 aliphatic rings. The predicted molar refractivity (Wildman–Crippen MR) is 128 cm³/mol. The van der Waals surface area contributed by atoms with Gasteiger partial charge in [-0.05, 0) is 36.1 Å². The fourth-order valence-corrected chi connectivity index (χ4v) is 4.09. The molecular formula is C26H32N2OS. The van der Waals surface area contributed by atoms with Gasteiger partial charge in [-0.15, -0.1) is 10.2 Å². The maximum Gasteiger partial charge on any atom is 0.147 e. The number of hydrogen-bond acceptors (Lipinski definition) is 4. The summed E-state index contributed by atoms with van der Waals surface area (Å²) in [7, 11) is 0. The Kier molecular flexibility index (Phi) is 9.10. The first-order chi connectivity index (χ1) is 14.8. The molecule has 0 aliphatic heterocycles. The van der Waals surface area contributed by atoms with Crippen molar-refractivity contribution in [1.82, 2.24) is 10.2 Å². The van der Waals surface area contributed by atoms with Crippen LogP contribution in [0.15, 0.2) is 60.7 Å². The number of aryl methyl sites for hydroxylation is 1. The molecule has 0 bridgehead atoms. The molecule has 0 atom stereocenters. The number of rotatable bonds is 12. The van der Waals surface area contributed by atoms with Crippen molar-refractivity contribution in [2.45, 2.75) is 58.8 Å². The van der Waals surface area contributed by atoms with Gasteiger partial charge in [0, 0.05) is 12.0 Å². The molecule has 0 fully saturated rings. The van der Waals surface area contributed by atoms with Gasteiger partial charge in [-0.3, -0.25) is 0 Å². The van der Waals surface area contributed by atoms with Gasteiger partial charge in [-0.1, -0.05) is 99.4 Å². The van der Waals surface area contributed by atoms with Crippen LogP contribution < -0.4 is 4.74 Å². The first-order valence-corrected chi connectivity index (χ1v) is 11.9. The lowest BCUT2D eigenvalue weighted by Gasteiger charge is -2.06. The van der Waals surface area contributed by atoms with Crippen LogP contribution in [0.1, 0.15) is 57.4 Å². The number of allylic oxidation sites excluding steroid dienone is 1. The zero-order chi connectivity index (χ0) is 21.0. The lowest BCUT2D eigenvalue weighted by molar-refractivity contribution is 0.362. The third-order valence-electron chi connectivity index (χ3n) is 5.02. The molecule has 0 saturated carbocycles. The van der Waals surface area contributed by atoms with E-state index in [9.17, 15) is 0 Å². The molecule has 0 spiro atoms. The normalized spacial score (nSPS) is 11.3. The van der Waals surface area contributed by atoms with Gasteiger partial charge in [0.25, 0.3) is 0 Å². The Morgan fingerprint density at radius 1 is 0.767 bits per heavy atom. The quantitative estimate of drug-likeness (QED) is 0.222. The number of benzene rings is 2. The lowest BCUT2D eigenvalue weighted by atomic mass is 10.0. The number of hydrogen-bond donors (Lipinski definition) is 0. The van der Waals surface area contributed by atoms with Gasteiger partial charge in [0.15, 0.2) is 0 Å². The second-order valence-corrected chi connectivity index (χ2v) is 8.55. The number of nitrogens with zero attached hydrogens (tertiary/aromatic N) is 2. The standard InChI is InChI=1S/C26H32N2OS/c1-3-5-7-8-10-20-29-24-18-16-22(17-19-24)21-12-14-23(15-13-21)26-28-27-25(30-26)11-9-6-4-2/h8,10,12-19H,3-7,9,11,20H2,1-2H3/b10-8+. The molecule has 30 heavy (non-hydrogen) atoms. The SMILES string of the molecule is CCCC/C=C/COc1ccc(-c2ccc(-c3nnc(CCCCC)s3)cc2)cc1. The van der Waals surface area contributed by atoms with Crippen LogP contribution in [0, 0.1) is 0 Å². The molecule has 158 valence electrons. The highest BCUT2D eigenvalue weighted by atomic mass is 32.1. The molecule has 4 heteroatoms. The monoisotopic (exact) mass is 420 g/mol. The van der Waals surface area contributed by atoms with Gasteiger partial charge in [-0.25, -0.2) is 0 Å². The summed E-state index contributed by atoms with van der Waals surface area (Å²) >= 11 is 1.71. The van der Waals surface area contributed by atoms with Crippen LogP contribution in [-0.2, 0) is 6.42 Å². The van der Waals surface area contributed by atoms with E-state index in [1.807, 2.05) is 12.1 Å². The van der Waals surface area contributed by atoms with Gasteiger partial charge >= 0.3 is 0 Å². The molecule has 0 N–H and O–H groups in total. The Hall–Kier alpha value is -2.46. The van der Waals surface area contributed by atoms with Crippen LogP contribution in [0.4, 0.5) is 0 Å². The van der Waals surface area contributed by atoms with Crippen LogP contribution in [0.3, 0.4) is 0 Å². The minimum Gasteiger partial charge on any atom is -0.490 e. The summed E-state index contributed by atoms with van der Waals surface area (Å²) in [4.78, 5) is 0. The number of ether oxygens (including phenoxy) is 1. The first-order valence-electron chi connectivity index (χ1n) is 11.1. The summed E-state index contributed by atoms with van der Waals surface area (Å²) in [6, 6.07) is 16.9. The molecular weight excluding hydrogens is 388 g/mol. The van der Waals surface area contributed by atoms with E-state index in [-0.39, 0.29) is 0 Å². The second kappa shape index (κ2) is 12.3. The van der Waals surface area contributed by atoms with E-state index in [1.54, 1.807) is 11.3 Å². The average Bonchev–Trinajstić information content (AvgIpc) is 3.26. The minimum atomic E-state index is 0.625. The molecule has 0 radical (unpaired) electrons. The van der Waals surface area contributed by atoms with Crippen molar-refractivity contribution in [2.24, 2.45) is 0 Å². The van der Waals surface area contributed by atoms with Gasteiger partial charge in [-0.2, -0.15) is 0 Å². The highest BCUT2D eigenvalue weighted by molar-refractivity contribution is 7.14. The summed E-state index contributed by atoms with van der Waals surface area (Å²) in [6.07, 6.45) is 12.6. The zero-order valence-corrected chi connectivity index (χ0v) is 19.0. The van der Waals surface area contributed by atoms with E-state index >= 15 is 0 Å². The van der Waals surface area contributed by atoms with E-state index in [0.29, 0.717) is 6.61 Å². The molecule has 0 unspecified atom stereocenters. The van der Waals surface area contributed by atoms with Crippen molar-refractivity contribution in [1.29, 1.82) is 0 Å². The number of unbranched alkanes of at least 4 members (excludes halogenated alkanes) is 4. The van der Waals surface area contributed by atoms with E-state index < -0.39 is 0 Å². The summed E-state index contributed by atoms with van der Waals surface area (Å²) in [6.45, 7) is 5.06. The highest BCUT2D eigenvalue weighted by Crippen LogP contribution is 2.28. The molecule has 0 aliphatic carbocycles. The maximum atomic E-state index is 5.79. The topological polar surface area (TPSA) is 35.0 Å². The maximum absolute atomic E-state index is 5.79. The summed E-state index contributed by atoms with van der Waals surface area (Å²) in [5, 5.41) is 10.9. The molecule has 3 rings (SSSR count). The third kappa shape index (κ3) is 6.81. The molecule has 3 nitrogen and oxygen atoms in total. The molecule has 2 aromatic carbocycles. The average molecular weight is 421 g/mol. The van der Waals surface area contributed by atoms with Gasteiger partial charge in [0.1, 0.15) is 22.4 Å². The largest absolute Gasteiger partial charge is 0.490 e. The van der Waals surface area contributed by atoms with Crippen LogP contribution in [-0.4, -0.2) is 16.8 Å². The minimum absolute atomic E-state index is 0.625.